The zero-order valence-electron chi connectivity index (χ0n) is 12.2. The van der Waals surface area contributed by atoms with Gasteiger partial charge in [0, 0.05) is 34.0 Å². The quantitative estimate of drug-likeness (QED) is 0.679. The van der Waals surface area contributed by atoms with Crippen molar-refractivity contribution in [1.82, 2.24) is 4.98 Å². The normalized spacial score (nSPS) is 11.2. The summed E-state index contributed by atoms with van der Waals surface area (Å²) in [5, 5.41) is 0. The number of hydrogen-bond acceptors (Lipinski definition) is 4. The van der Waals surface area contributed by atoms with Crippen molar-refractivity contribution < 1.29 is 14.0 Å². The van der Waals surface area contributed by atoms with Crippen LogP contribution in [0, 0.1) is 5.82 Å². The van der Waals surface area contributed by atoms with Gasteiger partial charge in [0.25, 0.3) is 0 Å². The average Bonchev–Trinajstić information content (AvgIpc) is 2.47. The van der Waals surface area contributed by atoms with E-state index < -0.39 is 16.5 Å². The second-order valence-corrected chi connectivity index (χ2v) is 6.95. The molecule has 0 saturated heterocycles. The highest BCUT2D eigenvalue weighted by Gasteiger charge is 2.21. The highest BCUT2D eigenvalue weighted by molar-refractivity contribution is 8.01. The van der Waals surface area contributed by atoms with E-state index in [2.05, 4.69) is 4.98 Å². The third-order valence-electron chi connectivity index (χ3n) is 2.98. The number of carbonyl (C=O) groups excluding carboxylic acids is 2. The van der Waals surface area contributed by atoms with Crippen LogP contribution < -0.4 is 5.73 Å². The number of benzene rings is 1. The molecule has 0 aliphatic carbocycles. The van der Waals surface area contributed by atoms with Crippen LogP contribution >= 0.6 is 11.8 Å². The molecule has 0 atom stereocenters. The highest BCUT2D eigenvalue weighted by Crippen LogP contribution is 2.38. The van der Waals surface area contributed by atoms with E-state index in [0.717, 1.165) is 17.2 Å². The van der Waals surface area contributed by atoms with E-state index in [0.29, 0.717) is 11.1 Å². The number of nitrogens with zero attached hydrogens (tertiary/aromatic N) is 1. The van der Waals surface area contributed by atoms with Gasteiger partial charge in [-0.2, -0.15) is 0 Å². The molecule has 1 heterocycles. The molecule has 0 aliphatic heterocycles. The first-order chi connectivity index (χ1) is 10.3. The lowest BCUT2D eigenvalue weighted by atomic mass is 10.0. The Morgan fingerprint density at radius 2 is 2.05 bits per heavy atom. The maximum Gasteiger partial charge on any atom is 0.248 e. The minimum absolute atomic E-state index is 0.104. The predicted octanol–water partition coefficient (Wildman–Crippen LogP) is 3.06. The number of carbonyl (C=O) groups is 2. The number of thioether (sulfide) groups is 1. The fourth-order valence-electron chi connectivity index (χ4n) is 1.87. The number of hydrogen-bond donors (Lipinski definition) is 1. The van der Waals surface area contributed by atoms with E-state index in [1.165, 1.54) is 30.1 Å². The largest absolute Gasteiger partial charge is 0.366 e. The second kappa shape index (κ2) is 6.27. The summed E-state index contributed by atoms with van der Waals surface area (Å²) >= 11 is 1.32. The summed E-state index contributed by atoms with van der Waals surface area (Å²) in [4.78, 5) is 26.9. The maximum absolute atomic E-state index is 14.3. The van der Waals surface area contributed by atoms with E-state index in [1.54, 1.807) is 26.1 Å². The van der Waals surface area contributed by atoms with Gasteiger partial charge in [-0.1, -0.05) is 6.07 Å². The molecule has 0 radical (unpaired) electrons. The third-order valence-corrected chi connectivity index (χ3v) is 4.18. The van der Waals surface area contributed by atoms with Gasteiger partial charge in [0.15, 0.2) is 0 Å². The molecule has 22 heavy (non-hydrogen) atoms. The SMILES string of the molecule is CC(C)(C=O)Sc1ccncc1-c1ccc(C(N)=O)cc1F. The topological polar surface area (TPSA) is 73.1 Å². The van der Waals surface area contributed by atoms with Crippen LogP contribution in [-0.4, -0.2) is 21.9 Å². The molecule has 1 aromatic carbocycles. The standard InChI is InChI=1S/C16H15FN2O2S/c1-16(2,9-20)22-14-5-6-19-8-12(14)11-4-3-10(15(18)21)7-13(11)17/h3-9H,1-2H3,(H2,18,21). The summed E-state index contributed by atoms with van der Waals surface area (Å²) in [5.74, 6) is -1.25. The van der Waals surface area contributed by atoms with Gasteiger partial charge in [0.05, 0.1) is 4.75 Å². The predicted molar refractivity (Wildman–Crippen MR) is 84.1 cm³/mol. The van der Waals surface area contributed by atoms with E-state index in [1.807, 2.05) is 0 Å². The van der Waals surface area contributed by atoms with Gasteiger partial charge >= 0.3 is 0 Å². The fraction of sp³-hybridized carbons (Fsp3) is 0.188. The maximum atomic E-state index is 14.3. The Kier molecular flexibility index (Phi) is 4.61. The number of halogens is 1. The van der Waals surface area contributed by atoms with Crippen molar-refractivity contribution in [2.75, 3.05) is 0 Å². The molecule has 0 fully saturated rings. The Labute approximate surface area is 131 Å². The summed E-state index contributed by atoms with van der Waals surface area (Å²) in [6, 6.07) is 5.79. The Morgan fingerprint density at radius 1 is 1.32 bits per heavy atom. The number of rotatable bonds is 5. The minimum Gasteiger partial charge on any atom is -0.366 e. The first-order valence-electron chi connectivity index (χ1n) is 6.53. The van der Waals surface area contributed by atoms with Gasteiger partial charge in [-0.3, -0.25) is 9.78 Å². The fourth-order valence-corrected chi connectivity index (χ4v) is 2.88. The Bertz CT molecular complexity index is 732. The second-order valence-electron chi connectivity index (χ2n) is 5.25. The van der Waals surface area contributed by atoms with Crippen molar-refractivity contribution in [2.24, 2.45) is 5.73 Å². The van der Waals surface area contributed by atoms with Crippen LogP contribution in [0.15, 0.2) is 41.6 Å². The van der Waals surface area contributed by atoms with Crippen molar-refractivity contribution in [3.05, 3.63) is 48.0 Å². The van der Waals surface area contributed by atoms with Gasteiger partial charge < -0.3 is 10.5 Å². The molecule has 4 nitrogen and oxygen atoms in total. The monoisotopic (exact) mass is 318 g/mol. The van der Waals surface area contributed by atoms with Gasteiger partial charge in [0.1, 0.15) is 12.1 Å². The zero-order chi connectivity index (χ0) is 16.3. The third kappa shape index (κ3) is 3.51. The van der Waals surface area contributed by atoms with Crippen molar-refractivity contribution in [1.29, 1.82) is 0 Å². The smallest absolute Gasteiger partial charge is 0.248 e. The van der Waals surface area contributed by atoms with E-state index in [-0.39, 0.29) is 5.56 Å². The molecule has 0 unspecified atom stereocenters. The molecule has 6 heteroatoms. The van der Waals surface area contributed by atoms with E-state index in [4.69, 9.17) is 5.73 Å². The molecule has 0 saturated carbocycles. The van der Waals surface area contributed by atoms with Gasteiger partial charge in [-0.05, 0) is 32.0 Å². The molecular formula is C16H15FN2O2S. The lowest BCUT2D eigenvalue weighted by Gasteiger charge is -2.18. The number of aldehydes is 1. The lowest BCUT2D eigenvalue weighted by Crippen LogP contribution is -2.16. The number of pyridine rings is 1. The van der Waals surface area contributed by atoms with Gasteiger partial charge in [-0.25, -0.2) is 4.39 Å². The average molecular weight is 318 g/mol. The van der Waals surface area contributed by atoms with Gasteiger partial charge in [-0.15, -0.1) is 11.8 Å². The zero-order valence-corrected chi connectivity index (χ0v) is 13.0. The summed E-state index contributed by atoms with van der Waals surface area (Å²) in [6.45, 7) is 3.56. The molecule has 2 aromatic rings. The molecule has 0 bridgehead atoms. The summed E-state index contributed by atoms with van der Waals surface area (Å²) in [5.41, 5.74) is 6.12. The summed E-state index contributed by atoms with van der Waals surface area (Å²) < 4.78 is 13.6. The molecule has 1 amide bonds. The van der Waals surface area contributed by atoms with Crippen molar-refractivity contribution in [3.8, 4) is 11.1 Å². The lowest BCUT2D eigenvalue weighted by molar-refractivity contribution is -0.109. The first-order valence-corrected chi connectivity index (χ1v) is 7.35. The molecule has 0 spiro atoms. The van der Waals surface area contributed by atoms with Crippen LogP contribution in [0.1, 0.15) is 24.2 Å². The Hall–Kier alpha value is -2.21. The summed E-state index contributed by atoms with van der Waals surface area (Å²) in [7, 11) is 0. The van der Waals surface area contributed by atoms with E-state index >= 15 is 0 Å². The van der Waals surface area contributed by atoms with Crippen LogP contribution in [0.25, 0.3) is 11.1 Å². The Morgan fingerprint density at radius 3 is 2.64 bits per heavy atom. The van der Waals surface area contributed by atoms with E-state index in [9.17, 15) is 14.0 Å². The highest BCUT2D eigenvalue weighted by atomic mass is 32.2. The number of amides is 1. The van der Waals surface area contributed by atoms with Crippen LogP contribution in [0.5, 0.6) is 0 Å². The van der Waals surface area contributed by atoms with Gasteiger partial charge in [0.2, 0.25) is 5.91 Å². The Balaban J connectivity index is 2.50. The summed E-state index contributed by atoms with van der Waals surface area (Å²) in [6.07, 6.45) is 3.96. The number of nitrogens with two attached hydrogens (primary N) is 1. The molecule has 114 valence electrons. The molecule has 0 aliphatic rings. The van der Waals surface area contributed by atoms with Crippen molar-refractivity contribution >= 4 is 24.0 Å². The first kappa shape index (κ1) is 16.2. The number of primary amides is 1. The van der Waals surface area contributed by atoms with Crippen molar-refractivity contribution in [2.45, 2.75) is 23.5 Å². The van der Waals surface area contributed by atoms with Crippen LogP contribution in [0.3, 0.4) is 0 Å². The number of aromatic nitrogens is 1. The minimum atomic E-state index is -0.687. The molecule has 2 N–H and O–H groups in total. The van der Waals surface area contributed by atoms with Crippen molar-refractivity contribution in [3.63, 3.8) is 0 Å². The van der Waals surface area contributed by atoms with Crippen LogP contribution in [-0.2, 0) is 4.79 Å². The van der Waals surface area contributed by atoms with Crippen LogP contribution in [0.4, 0.5) is 4.39 Å². The van der Waals surface area contributed by atoms with Crippen LogP contribution in [0.2, 0.25) is 0 Å². The molecular weight excluding hydrogens is 303 g/mol. The molecule has 2 rings (SSSR count). The molecule has 1 aromatic heterocycles.